The zero-order chi connectivity index (χ0) is 15.7. The van der Waals surface area contributed by atoms with Crippen LogP contribution in [-0.2, 0) is 9.53 Å². The Labute approximate surface area is 123 Å². The summed E-state index contributed by atoms with van der Waals surface area (Å²) in [4.78, 5) is 34.4. The van der Waals surface area contributed by atoms with E-state index in [1.54, 1.807) is 0 Å². The maximum atomic E-state index is 11.8. The van der Waals surface area contributed by atoms with Crippen molar-refractivity contribution in [1.82, 2.24) is 0 Å². The number of carboxylic acids is 1. The fraction of sp³-hybridized carbons (Fsp3) is 0.438. The quantitative estimate of drug-likeness (QED) is 0.451. The molecule has 0 aliphatic carbocycles. The third kappa shape index (κ3) is 5.77. The van der Waals surface area contributed by atoms with Gasteiger partial charge in [0.15, 0.2) is 0 Å². The lowest BCUT2D eigenvalue weighted by atomic mass is 10.1. The lowest BCUT2D eigenvalue weighted by Gasteiger charge is -2.05. The molecule has 5 heteroatoms. The van der Waals surface area contributed by atoms with Crippen molar-refractivity contribution in [3.05, 3.63) is 35.4 Å². The van der Waals surface area contributed by atoms with Crippen LogP contribution in [0.4, 0.5) is 0 Å². The van der Waals surface area contributed by atoms with E-state index in [1.807, 2.05) is 0 Å². The minimum Gasteiger partial charge on any atom is -0.478 e. The van der Waals surface area contributed by atoms with Crippen LogP contribution in [0.5, 0.6) is 0 Å². The van der Waals surface area contributed by atoms with Crippen molar-refractivity contribution in [2.75, 3.05) is 0 Å². The molecule has 0 spiro atoms. The molecule has 0 saturated heterocycles. The molecule has 1 rings (SSSR count). The third-order valence-electron chi connectivity index (χ3n) is 3.07. The highest BCUT2D eigenvalue weighted by atomic mass is 16.6. The van der Waals surface area contributed by atoms with Crippen LogP contribution in [0, 0.1) is 0 Å². The number of hydrogen-bond donors (Lipinski definition) is 1. The second-order valence-corrected chi connectivity index (χ2v) is 4.78. The van der Waals surface area contributed by atoms with Crippen molar-refractivity contribution in [2.45, 2.75) is 45.4 Å². The van der Waals surface area contributed by atoms with Gasteiger partial charge in [-0.05, 0) is 18.6 Å². The number of aromatic carboxylic acids is 1. The van der Waals surface area contributed by atoms with Crippen LogP contribution in [0.15, 0.2) is 24.3 Å². The first kappa shape index (κ1) is 16.9. The molecule has 0 aromatic heterocycles. The average Bonchev–Trinajstić information content (AvgIpc) is 2.47. The Balaban J connectivity index is 2.50. The summed E-state index contributed by atoms with van der Waals surface area (Å²) in [6.07, 6.45) is 5.06. The van der Waals surface area contributed by atoms with E-state index in [-0.39, 0.29) is 17.5 Å². The van der Waals surface area contributed by atoms with Gasteiger partial charge in [0.1, 0.15) is 0 Å². The Morgan fingerprint density at radius 3 is 2.24 bits per heavy atom. The Hall–Kier alpha value is -2.17. The predicted octanol–water partition coefficient (Wildman–Crippen LogP) is 3.43. The topological polar surface area (TPSA) is 80.7 Å². The number of hydrogen-bond acceptors (Lipinski definition) is 4. The zero-order valence-electron chi connectivity index (χ0n) is 12.1. The maximum Gasteiger partial charge on any atom is 0.346 e. The molecule has 0 fully saturated rings. The highest BCUT2D eigenvalue weighted by molar-refractivity contribution is 6.05. The number of benzene rings is 1. The largest absolute Gasteiger partial charge is 0.478 e. The van der Waals surface area contributed by atoms with Gasteiger partial charge in [0.25, 0.3) is 0 Å². The second-order valence-electron chi connectivity index (χ2n) is 4.78. The number of carbonyl (C=O) groups is 3. The number of esters is 2. The fourth-order valence-electron chi connectivity index (χ4n) is 1.93. The standard InChI is InChI=1S/C16H20O5/c1-2-3-4-5-6-11-14(17)21-16(20)13-10-8-7-9-12(13)15(18)19/h7-10H,2-6,11H2,1H3,(H,18,19). The summed E-state index contributed by atoms with van der Waals surface area (Å²) in [7, 11) is 0. The lowest BCUT2D eigenvalue weighted by molar-refractivity contribution is -0.138. The fourth-order valence-corrected chi connectivity index (χ4v) is 1.93. The van der Waals surface area contributed by atoms with E-state index in [9.17, 15) is 14.4 Å². The van der Waals surface area contributed by atoms with Gasteiger partial charge >= 0.3 is 17.9 Å². The van der Waals surface area contributed by atoms with Gasteiger partial charge in [0, 0.05) is 6.42 Å². The molecule has 114 valence electrons. The van der Waals surface area contributed by atoms with E-state index in [2.05, 4.69) is 6.92 Å². The molecule has 1 aromatic carbocycles. The molecular formula is C16H20O5. The molecule has 1 aromatic rings. The summed E-state index contributed by atoms with van der Waals surface area (Å²) in [6.45, 7) is 2.10. The smallest absolute Gasteiger partial charge is 0.346 e. The average molecular weight is 292 g/mol. The molecular weight excluding hydrogens is 272 g/mol. The van der Waals surface area contributed by atoms with Gasteiger partial charge in [-0.15, -0.1) is 0 Å². The van der Waals surface area contributed by atoms with Gasteiger partial charge < -0.3 is 9.84 Å². The van der Waals surface area contributed by atoms with Gasteiger partial charge in [-0.25, -0.2) is 9.59 Å². The minimum absolute atomic E-state index is 0.107. The number of unbranched alkanes of at least 4 members (excludes halogenated alkanes) is 4. The molecule has 0 atom stereocenters. The first-order chi connectivity index (χ1) is 10.1. The third-order valence-corrected chi connectivity index (χ3v) is 3.07. The summed E-state index contributed by atoms with van der Waals surface area (Å²) >= 11 is 0. The Morgan fingerprint density at radius 1 is 1.00 bits per heavy atom. The number of carbonyl (C=O) groups excluding carboxylic acids is 2. The Kier molecular flexibility index (Phi) is 7.15. The molecule has 0 amide bonds. The molecule has 0 aliphatic heterocycles. The van der Waals surface area contributed by atoms with Crippen molar-refractivity contribution < 1.29 is 24.2 Å². The van der Waals surface area contributed by atoms with Crippen LogP contribution in [0.3, 0.4) is 0 Å². The van der Waals surface area contributed by atoms with E-state index in [1.165, 1.54) is 24.3 Å². The van der Waals surface area contributed by atoms with Crippen LogP contribution in [-0.4, -0.2) is 23.0 Å². The summed E-state index contributed by atoms with van der Waals surface area (Å²) in [5.74, 6) is -2.75. The number of ether oxygens (including phenoxy) is 1. The molecule has 0 aliphatic rings. The highest BCUT2D eigenvalue weighted by Gasteiger charge is 2.19. The Bertz CT molecular complexity index is 507. The lowest BCUT2D eigenvalue weighted by Crippen LogP contribution is -2.15. The predicted molar refractivity (Wildman–Crippen MR) is 77.2 cm³/mol. The van der Waals surface area contributed by atoms with Gasteiger partial charge in [-0.2, -0.15) is 0 Å². The summed E-state index contributed by atoms with van der Waals surface area (Å²) in [5, 5.41) is 8.98. The van der Waals surface area contributed by atoms with Crippen molar-refractivity contribution in [2.24, 2.45) is 0 Å². The van der Waals surface area contributed by atoms with Crippen LogP contribution in [0.25, 0.3) is 0 Å². The zero-order valence-corrected chi connectivity index (χ0v) is 12.1. The van der Waals surface area contributed by atoms with Crippen LogP contribution in [0.1, 0.15) is 66.2 Å². The van der Waals surface area contributed by atoms with Crippen LogP contribution < -0.4 is 0 Å². The van der Waals surface area contributed by atoms with E-state index in [0.717, 1.165) is 25.7 Å². The van der Waals surface area contributed by atoms with Gasteiger partial charge in [0.2, 0.25) is 0 Å². The van der Waals surface area contributed by atoms with E-state index < -0.39 is 17.9 Å². The molecule has 0 bridgehead atoms. The summed E-state index contributed by atoms with van der Waals surface area (Å²) < 4.78 is 4.69. The van der Waals surface area contributed by atoms with Crippen molar-refractivity contribution in [3.63, 3.8) is 0 Å². The van der Waals surface area contributed by atoms with Gasteiger partial charge in [0.05, 0.1) is 11.1 Å². The maximum absolute atomic E-state index is 11.8. The molecule has 0 saturated carbocycles. The van der Waals surface area contributed by atoms with Crippen molar-refractivity contribution in [1.29, 1.82) is 0 Å². The number of rotatable bonds is 8. The van der Waals surface area contributed by atoms with Gasteiger partial charge in [-0.3, -0.25) is 4.79 Å². The van der Waals surface area contributed by atoms with E-state index >= 15 is 0 Å². The minimum atomic E-state index is -1.23. The summed E-state index contributed by atoms with van der Waals surface area (Å²) in [5.41, 5.74) is -0.275. The van der Waals surface area contributed by atoms with Crippen molar-refractivity contribution >= 4 is 17.9 Å². The first-order valence-corrected chi connectivity index (χ1v) is 7.13. The van der Waals surface area contributed by atoms with E-state index in [4.69, 9.17) is 9.84 Å². The molecule has 1 N–H and O–H groups in total. The monoisotopic (exact) mass is 292 g/mol. The summed E-state index contributed by atoms with van der Waals surface area (Å²) in [6, 6.07) is 5.67. The molecule has 21 heavy (non-hydrogen) atoms. The highest BCUT2D eigenvalue weighted by Crippen LogP contribution is 2.12. The van der Waals surface area contributed by atoms with Crippen molar-refractivity contribution in [3.8, 4) is 0 Å². The molecule has 5 nitrogen and oxygen atoms in total. The molecule has 0 heterocycles. The van der Waals surface area contributed by atoms with Gasteiger partial charge in [-0.1, -0.05) is 44.7 Å². The molecule has 0 radical (unpaired) electrons. The Morgan fingerprint density at radius 2 is 1.62 bits per heavy atom. The van der Waals surface area contributed by atoms with Crippen LogP contribution in [0.2, 0.25) is 0 Å². The first-order valence-electron chi connectivity index (χ1n) is 7.13. The van der Waals surface area contributed by atoms with E-state index in [0.29, 0.717) is 6.42 Å². The second kappa shape index (κ2) is 8.89. The SMILES string of the molecule is CCCCCCCC(=O)OC(=O)c1ccccc1C(=O)O. The number of carboxylic acid groups (broad SMARTS) is 1. The normalized spacial score (nSPS) is 10.1. The molecule has 0 unspecified atom stereocenters. The van der Waals surface area contributed by atoms with Crippen LogP contribution >= 0.6 is 0 Å².